The summed E-state index contributed by atoms with van der Waals surface area (Å²) in [5, 5.41) is 0. The molecule has 0 bridgehead atoms. The second kappa shape index (κ2) is 8.23. The van der Waals surface area contributed by atoms with Gasteiger partial charge in [-0.3, -0.25) is 4.79 Å². The summed E-state index contributed by atoms with van der Waals surface area (Å²) in [7, 11) is -3.65. The second-order valence-corrected chi connectivity index (χ2v) is 8.74. The summed E-state index contributed by atoms with van der Waals surface area (Å²) < 4.78 is 28.2. The van der Waals surface area contributed by atoms with Gasteiger partial charge in [0.2, 0.25) is 15.9 Å². The van der Waals surface area contributed by atoms with E-state index in [1.54, 1.807) is 18.7 Å². The zero-order valence-corrected chi connectivity index (χ0v) is 17.7. The smallest absolute Gasteiger partial charge is 0.241 e. The van der Waals surface area contributed by atoms with Crippen LogP contribution in [-0.4, -0.2) is 27.4 Å². The predicted molar refractivity (Wildman–Crippen MR) is 110 cm³/mol. The summed E-state index contributed by atoms with van der Waals surface area (Å²) in [6.07, 6.45) is 0. The highest BCUT2D eigenvalue weighted by Crippen LogP contribution is 2.25. The molecule has 2 rings (SSSR count). The Morgan fingerprint density at radius 1 is 0.963 bits per heavy atom. The van der Waals surface area contributed by atoms with Gasteiger partial charge in [-0.2, -0.15) is 0 Å². The molecule has 0 aliphatic heterocycles. The minimum Gasteiger partial charge on any atom is -0.311 e. The van der Waals surface area contributed by atoms with Crippen molar-refractivity contribution < 1.29 is 13.2 Å². The number of aryl methyl sites for hydroxylation is 5. The predicted octanol–water partition coefficient (Wildman–Crippen LogP) is 3.56. The van der Waals surface area contributed by atoms with Crippen molar-refractivity contribution in [1.29, 1.82) is 0 Å². The van der Waals surface area contributed by atoms with Crippen molar-refractivity contribution in [2.45, 2.75) is 46.4 Å². The lowest BCUT2D eigenvalue weighted by Gasteiger charge is -2.25. The van der Waals surface area contributed by atoms with Gasteiger partial charge < -0.3 is 4.90 Å². The quantitative estimate of drug-likeness (QED) is 0.823. The third-order valence-electron chi connectivity index (χ3n) is 4.59. The van der Waals surface area contributed by atoms with Crippen LogP contribution >= 0.6 is 0 Å². The molecule has 0 saturated heterocycles. The molecule has 0 spiro atoms. The molecule has 0 unspecified atom stereocenters. The molecule has 0 fully saturated rings. The molecule has 146 valence electrons. The zero-order chi connectivity index (χ0) is 20.4. The number of carbonyl (C=O) groups is 1. The number of carbonyl (C=O) groups excluding carboxylic acids is 1. The Morgan fingerprint density at radius 2 is 1.48 bits per heavy atom. The fourth-order valence-electron chi connectivity index (χ4n) is 3.61. The highest BCUT2D eigenvalue weighted by Gasteiger charge is 2.21. The van der Waals surface area contributed by atoms with E-state index < -0.39 is 10.0 Å². The maximum absolute atomic E-state index is 12.8. The molecule has 5 nitrogen and oxygen atoms in total. The standard InChI is InChI=1S/C21H28N2O3S/c1-14-12-17(4)21(18(5)13-14)27(25,26)22-10-11-23(19(6)24)20-15(2)8-7-9-16(20)3/h7-9,12-13,22H,10-11H2,1-6H3. The molecule has 1 N–H and O–H groups in total. The lowest BCUT2D eigenvalue weighted by atomic mass is 10.1. The summed E-state index contributed by atoms with van der Waals surface area (Å²) >= 11 is 0. The Balaban J connectivity index is 2.22. The van der Waals surface area contributed by atoms with Gasteiger partial charge in [-0.15, -0.1) is 0 Å². The van der Waals surface area contributed by atoms with Gasteiger partial charge in [0.1, 0.15) is 0 Å². The van der Waals surface area contributed by atoms with Crippen LogP contribution in [0, 0.1) is 34.6 Å². The van der Waals surface area contributed by atoms with E-state index in [0.717, 1.165) is 33.5 Å². The summed E-state index contributed by atoms with van der Waals surface area (Å²) in [4.78, 5) is 14.1. The molecular weight excluding hydrogens is 360 g/mol. The van der Waals surface area contributed by atoms with Gasteiger partial charge in [-0.05, 0) is 56.9 Å². The number of amides is 1. The summed E-state index contributed by atoms with van der Waals surface area (Å²) in [5.41, 5.74) is 5.28. The maximum atomic E-state index is 12.8. The van der Waals surface area contributed by atoms with Crippen LogP contribution in [0.1, 0.15) is 34.7 Å². The molecule has 0 heterocycles. The van der Waals surface area contributed by atoms with Crippen LogP contribution in [0.4, 0.5) is 5.69 Å². The molecule has 2 aromatic rings. The first kappa shape index (κ1) is 21.1. The molecule has 0 radical (unpaired) electrons. The van der Waals surface area contributed by atoms with Crippen molar-refractivity contribution in [2.75, 3.05) is 18.0 Å². The first-order valence-electron chi connectivity index (χ1n) is 8.96. The lowest BCUT2D eigenvalue weighted by molar-refractivity contribution is -0.116. The molecule has 0 atom stereocenters. The van der Waals surface area contributed by atoms with Gasteiger partial charge in [0, 0.05) is 25.7 Å². The van der Waals surface area contributed by atoms with Crippen molar-refractivity contribution in [3.8, 4) is 0 Å². The molecule has 0 aromatic heterocycles. The largest absolute Gasteiger partial charge is 0.311 e. The molecule has 6 heteroatoms. The second-order valence-electron chi connectivity index (χ2n) is 7.04. The number of nitrogens with zero attached hydrogens (tertiary/aromatic N) is 1. The van der Waals surface area contributed by atoms with Crippen molar-refractivity contribution in [1.82, 2.24) is 4.72 Å². The van der Waals surface area contributed by atoms with Gasteiger partial charge in [0.15, 0.2) is 0 Å². The molecule has 0 saturated carbocycles. The van der Waals surface area contributed by atoms with E-state index in [9.17, 15) is 13.2 Å². The SMILES string of the molecule is CC(=O)N(CCNS(=O)(=O)c1c(C)cc(C)cc1C)c1c(C)cccc1C. The number of rotatable bonds is 6. The Hall–Kier alpha value is -2.18. The van der Waals surface area contributed by atoms with Crippen LogP contribution in [0.3, 0.4) is 0 Å². The van der Waals surface area contributed by atoms with E-state index in [1.165, 1.54) is 6.92 Å². The van der Waals surface area contributed by atoms with Crippen LogP contribution in [0.2, 0.25) is 0 Å². The van der Waals surface area contributed by atoms with Crippen molar-refractivity contribution in [3.05, 3.63) is 58.1 Å². The molecule has 2 aromatic carbocycles. The van der Waals surface area contributed by atoms with E-state index >= 15 is 0 Å². The Labute approximate surface area is 162 Å². The average molecular weight is 389 g/mol. The molecular formula is C21H28N2O3S. The van der Waals surface area contributed by atoms with E-state index in [4.69, 9.17) is 0 Å². The van der Waals surface area contributed by atoms with Gasteiger partial charge in [-0.25, -0.2) is 13.1 Å². The summed E-state index contributed by atoms with van der Waals surface area (Å²) in [6.45, 7) is 11.3. The van der Waals surface area contributed by atoms with E-state index in [2.05, 4.69) is 4.72 Å². The number of benzene rings is 2. The lowest BCUT2D eigenvalue weighted by Crippen LogP contribution is -2.38. The zero-order valence-electron chi connectivity index (χ0n) is 16.9. The Kier molecular flexibility index (Phi) is 6.44. The van der Waals surface area contributed by atoms with Crippen LogP contribution in [0.5, 0.6) is 0 Å². The normalized spacial score (nSPS) is 11.5. The van der Waals surface area contributed by atoms with Crippen molar-refractivity contribution >= 4 is 21.6 Å². The number of anilines is 1. The minimum absolute atomic E-state index is 0.116. The fraction of sp³-hybridized carbons (Fsp3) is 0.381. The van der Waals surface area contributed by atoms with Crippen molar-refractivity contribution in [2.24, 2.45) is 0 Å². The van der Waals surface area contributed by atoms with Gasteiger partial charge in [0.05, 0.1) is 4.90 Å². The Morgan fingerprint density at radius 3 is 1.96 bits per heavy atom. The average Bonchev–Trinajstić information content (AvgIpc) is 2.51. The van der Waals surface area contributed by atoms with Crippen LogP contribution in [0.15, 0.2) is 35.2 Å². The monoisotopic (exact) mass is 388 g/mol. The van der Waals surface area contributed by atoms with E-state index in [-0.39, 0.29) is 19.0 Å². The molecule has 1 amide bonds. The van der Waals surface area contributed by atoms with Gasteiger partial charge >= 0.3 is 0 Å². The van der Waals surface area contributed by atoms with Gasteiger partial charge in [-0.1, -0.05) is 35.9 Å². The molecule has 0 aliphatic rings. The fourth-order valence-corrected chi connectivity index (χ4v) is 5.08. The maximum Gasteiger partial charge on any atom is 0.241 e. The van der Waals surface area contributed by atoms with Crippen LogP contribution in [0.25, 0.3) is 0 Å². The third-order valence-corrected chi connectivity index (χ3v) is 6.36. The number of sulfonamides is 1. The Bertz CT molecular complexity index is 922. The van der Waals surface area contributed by atoms with E-state index in [1.807, 2.05) is 51.1 Å². The van der Waals surface area contributed by atoms with E-state index in [0.29, 0.717) is 4.90 Å². The molecule has 0 aliphatic carbocycles. The summed E-state index contributed by atoms with van der Waals surface area (Å²) in [6, 6.07) is 9.56. The highest BCUT2D eigenvalue weighted by molar-refractivity contribution is 7.89. The van der Waals surface area contributed by atoms with Crippen LogP contribution in [-0.2, 0) is 14.8 Å². The number of para-hydroxylation sites is 1. The third kappa shape index (κ3) is 4.76. The first-order chi connectivity index (χ1) is 12.5. The van der Waals surface area contributed by atoms with Crippen LogP contribution < -0.4 is 9.62 Å². The van der Waals surface area contributed by atoms with Crippen molar-refractivity contribution in [3.63, 3.8) is 0 Å². The minimum atomic E-state index is -3.65. The number of hydrogen-bond acceptors (Lipinski definition) is 3. The van der Waals surface area contributed by atoms with Gasteiger partial charge in [0.25, 0.3) is 0 Å². The summed E-state index contributed by atoms with van der Waals surface area (Å²) in [5.74, 6) is -0.116. The highest BCUT2D eigenvalue weighted by atomic mass is 32.2. The topological polar surface area (TPSA) is 66.5 Å². The number of hydrogen-bond donors (Lipinski definition) is 1. The molecule has 27 heavy (non-hydrogen) atoms. The first-order valence-corrected chi connectivity index (χ1v) is 10.4. The number of nitrogens with one attached hydrogen (secondary N) is 1.